The van der Waals surface area contributed by atoms with Crippen LogP contribution in [0, 0.1) is 5.41 Å². The van der Waals surface area contributed by atoms with Crippen LogP contribution in [-0.4, -0.2) is 49.0 Å². The van der Waals surface area contributed by atoms with Gasteiger partial charge in [0.05, 0.1) is 6.10 Å². The third-order valence-corrected chi connectivity index (χ3v) is 3.57. The van der Waals surface area contributed by atoms with Crippen molar-refractivity contribution in [2.75, 3.05) is 26.8 Å². The van der Waals surface area contributed by atoms with E-state index in [2.05, 4.69) is 32.7 Å². The summed E-state index contributed by atoms with van der Waals surface area (Å²) in [7, 11) is 2.16. The van der Waals surface area contributed by atoms with E-state index >= 15 is 0 Å². The Balaban J connectivity index is 2.26. The van der Waals surface area contributed by atoms with Gasteiger partial charge in [0, 0.05) is 25.8 Å². The molecule has 3 nitrogen and oxygen atoms in total. The van der Waals surface area contributed by atoms with Crippen molar-refractivity contribution in [1.29, 1.82) is 0 Å². The van der Waals surface area contributed by atoms with Gasteiger partial charge in [-0.2, -0.15) is 0 Å². The Kier molecular flexibility index (Phi) is 5.22. The van der Waals surface area contributed by atoms with E-state index in [0.717, 1.165) is 39.0 Å². The Morgan fingerprint density at radius 2 is 1.88 bits per heavy atom. The summed E-state index contributed by atoms with van der Waals surface area (Å²) in [6, 6.07) is 0.640. The van der Waals surface area contributed by atoms with Crippen molar-refractivity contribution in [2.24, 2.45) is 5.41 Å². The van der Waals surface area contributed by atoms with Crippen molar-refractivity contribution >= 4 is 0 Å². The normalized spacial score (nSPS) is 21.4. The molecule has 1 atom stereocenters. The molecule has 0 aromatic rings. The molecule has 1 heterocycles. The van der Waals surface area contributed by atoms with E-state index in [0.29, 0.717) is 6.04 Å². The highest BCUT2D eigenvalue weighted by Crippen LogP contribution is 2.22. The van der Waals surface area contributed by atoms with Crippen LogP contribution in [0.5, 0.6) is 0 Å². The van der Waals surface area contributed by atoms with Crippen molar-refractivity contribution in [3.05, 3.63) is 0 Å². The molecule has 0 radical (unpaired) electrons. The number of ether oxygens (including phenoxy) is 1. The van der Waals surface area contributed by atoms with Crippen molar-refractivity contribution in [2.45, 2.75) is 52.2 Å². The smallest absolute Gasteiger partial charge is 0.0600 e. The number of hydrogen-bond acceptors (Lipinski definition) is 3. The summed E-state index contributed by atoms with van der Waals surface area (Å²) < 4.78 is 5.35. The highest BCUT2D eigenvalue weighted by molar-refractivity contribution is 4.76. The Hall–Kier alpha value is -0.120. The molecule has 16 heavy (non-hydrogen) atoms. The number of aliphatic hydroxyl groups excluding tert-OH is 1. The molecule has 1 aliphatic rings. The first kappa shape index (κ1) is 13.9. The van der Waals surface area contributed by atoms with Gasteiger partial charge in [-0.3, -0.25) is 0 Å². The fraction of sp³-hybridized carbons (Fsp3) is 1.00. The molecule has 1 N–H and O–H groups in total. The van der Waals surface area contributed by atoms with E-state index < -0.39 is 0 Å². The Bertz CT molecular complexity index is 195. The van der Waals surface area contributed by atoms with Gasteiger partial charge >= 0.3 is 0 Å². The molecule has 0 aliphatic carbocycles. The molecule has 1 fully saturated rings. The second kappa shape index (κ2) is 5.99. The zero-order valence-corrected chi connectivity index (χ0v) is 11.2. The van der Waals surface area contributed by atoms with E-state index in [-0.39, 0.29) is 11.5 Å². The van der Waals surface area contributed by atoms with Gasteiger partial charge in [-0.15, -0.1) is 0 Å². The molecule has 0 aromatic heterocycles. The van der Waals surface area contributed by atoms with Crippen LogP contribution in [0.4, 0.5) is 0 Å². The summed E-state index contributed by atoms with van der Waals surface area (Å²) in [6.07, 6.45) is 2.90. The number of rotatable bonds is 4. The van der Waals surface area contributed by atoms with Crippen molar-refractivity contribution in [3.63, 3.8) is 0 Å². The van der Waals surface area contributed by atoms with E-state index in [4.69, 9.17) is 4.74 Å². The Morgan fingerprint density at radius 3 is 2.38 bits per heavy atom. The molecule has 0 amide bonds. The molecule has 96 valence electrons. The largest absolute Gasteiger partial charge is 0.393 e. The van der Waals surface area contributed by atoms with E-state index in [1.807, 2.05) is 0 Å². The van der Waals surface area contributed by atoms with Crippen LogP contribution in [0.1, 0.15) is 40.0 Å². The molecule has 1 aliphatic heterocycles. The maximum Gasteiger partial charge on any atom is 0.0600 e. The minimum absolute atomic E-state index is 0.00346. The third-order valence-electron chi connectivity index (χ3n) is 3.57. The standard InChI is InChI=1S/C13H27NO2/c1-13(2,3)12(15)5-8-14(4)11-6-9-16-10-7-11/h11-12,15H,5-10H2,1-4H3. The van der Waals surface area contributed by atoms with Crippen LogP contribution in [0.3, 0.4) is 0 Å². The summed E-state index contributed by atoms with van der Waals surface area (Å²) in [5.41, 5.74) is -0.00346. The molecule has 1 rings (SSSR count). The van der Waals surface area contributed by atoms with Crippen LogP contribution in [0.2, 0.25) is 0 Å². The average Bonchev–Trinajstić information content (AvgIpc) is 2.25. The van der Waals surface area contributed by atoms with Gasteiger partial charge in [0.15, 0.2) is 0 Å². The lowest BCUT2D eigenvalue weighted by atomic mass is 9.87. The summed E-state index contributed by atoms with van der Waals surface area (Å²) in [5.74, 6) is 0. The number of nitrogens with zero attached hydrogens (tertiary/aromatic N) is 1. The molecule has 3 heteroatoms. The van der Waals surface area contributed by atoms with Crippen LogP contribution in [0.25, 0.3) is 0 Å². The van der Waals surface area contributed by atoms with Crippen LogP contribution < -0.4 is 0 Å². The van der Waals surface area contributed by atoms with Crippen molar-refractivity contribution in [1.82, 2.24) is 4.90 Å². The predicted molar refractivity (Wildman–Crippen MR) is 66.5 cm³/mol. The van der Waals surface area contributed by atoms with Crippen molar-refractivity contribution in [3.8, 4) is 0 Å². The molecule has 0 bridgehead atoms. The van der Waals surface area contributed by atoms with Gasteiger partial charge < -0.3 is 14.7 Å². The van der Waals surface area contributed by atoms with E-state index in [1.54, 1.807) is 0 Å². The van der Waals surface area contributed by atoms with Gasteiger partial charge in [0.2, 0.25) is 0 Å². The fourth-order valence-electron chi connectivity index (χ4n) is 2.07. The fourth-order valence-corrected chi connectivity index (χ4v) is 2.07. The Morgan fingerprint density at radius 1 is 1.31 bits per heavy atom. The first-order valence-corrected chi connectivity index (χ1v) is 6.37. The van der Waals surface area contributed by atoms with Gasteiger partial charge in [-0.1, -0.05) is 20.8 Å². The number of hydrogen-bond donors (Lipinski definition) is 1. The molecular formula is C13H27NO2. The maximum absolute atomic E-state index is 9.98. The SMILES string of the molecule is CN(CCC(O)C(C)(C)C)C1CCOCC1. The monoisotopic (exact) mass is 229 g/mol. The van der Waals surface area contributed by atoms with Gasteiger partial charge in [0.25, 0.3) is 0 Å². The van der Waals surface area contributed by atoms with Gasteiger partial charge in [-0.05, 0) is 31.7 Å². The first-order chi connectivity index (χ1) is 7.41. The molecule has 0 saturated carbocycles. The lowest BCUT2D eigenvalue weighted by Gasteiger charge is -2.33. The topological polar surface area (TPSA) is 32.7 Å². The zero-order chi connectivity index (χ0) is 12.2. The van der Waals surface area contributed by atoms with E-state index in [1.165, 1.54) is 0 Å². The van der Waals surface area contributed by atoms with Crippen LogP contribution in [0.15, 0.2) is 0 Å². The maximum atomic E-state index is 9.98. The summed E-state index contributed by atoms with van der Waals surface area (Å²) in [6.45, 7) is 9.01. The van der Waals surface area contributed by atoms with Gasteiger partial charge in [0.1, 0.15) is 0 Å². The van der Waals surface area contributed by atoms with Gasteiger partial charge in [-0.25, -0.2) is 0 Å². The van der Waals surface area contributed by atoms with E-state index in [9.17, 15) is 5.11 Å². The highest BCUT2D eigenvalue weighted by Gasteiger charge is 2.24. The minimum Gasteiger partial charge on any atom is -0.393 e. The lowest BCUT2D eigenvalue weighted by molar-refractivity contribution is 0.0212. The first-order valence-electron chi connectivity index (χ1n) is 6.37. The number of aliphatic hydroxyl groups is 1. The molecule has 1 unspecified atom stereocenters. The molecule has 1 saturated heterocycles. The van der Waals surface area contributed by atoms with Crippen LogP contribution >= 0.6 is 0 Å². The quantitative estimate of drug-likeness (QED) is 0.799. The summed E-state index contributed by atoms with van der Waals surface area (Å²) in [4.78, 5) is 2.37. The predicted octanol–water partition coefficient (Wildman–Crippen LogP) is 1.89. The lowest BCUT2D eigenvalue weighted by Crippen LogP contribution is -2.39. The second-order valence-corrected chi connectivity index (χ2v) is 5.99. The second-order valence-electron chi connectivity index (χ2n) is 5.99. The highest BCUT2D eigenvalue weighted by atomic mass is 16.5. The minimum atomic E-state index is -0.213. The summed E-state index contributed by atoms with van der Waals surface area (Å²) >= 11 is 0. The van der Waals surface area contributed by atoms with Crippen LogP contribution in [-0.2, 0) is 4.74 Å². The Labute approximate surface area is 99.8 Å². The average molecular weight is 229 g/mol. The zero-order valence-electron chi connectivity index (χ0n) is 11.2. The molecule has 0 spiro atoms. The third kappa shape index (κ3) is 4.40. The van der Waals surface area contributed by atoms with Crippen molar-refractivity contribution < 1.29 is 9.84 Å². The molecular weight excluding hydrogens is 202 g/mol. The summed E-state index contributed by atoms with van der Waals surface area (Å²) in [5, 5.41) is 9.98. The molecule has 0 aromatic carbocycles.